The van der Waals surface area contributed by atoms with Crippen LogP contribution in [0.3, 0.4) is 0 Å². The fraction of sp³-hybridized carbons (Fsp3) is 0.207. The Bertz CT molecular complexity index is 1180. The van der Waals surface area contributed by atoms with Crippen LogP contribution >= 0.6 is 0 Å². The van der Waals surface area contributed by atoms with Crippen LogP contribution < -0.4 is 10.2 Å². The van der Waals surface area contributed by atoms with Crippen LogP contribution in [-0.4, -0.2) is 41.6 Å². The first-order chi connectivity index (χ1) is 16.7. The van der Waals surface area contributed by atoms with Crippen molar-refractivity contribution in [2.75, 3.05) is 36.4 Å². The summed E-state index contributed by atoms with van der Waals surface area (Å²) in [7, 11) is 0. The molecule has 1 fully saturated rings. The molecule has 1 aromatic heterocycles. The zero-order valence-electron chi connectivity index (χ0n) is 19.3. The van der Waals surface area contributed by atoms with Crippen molar-refractivity contribution in [2.45, 2.75) is 13.0 Å². The van der Waals surface area contributed by atoms with Gasteiger partial charge in [0.2, 0.25) is 5.91 Å². The lowest BCUT2D eigenvalue weighted by Gasteiger charge is -2.36. The van der Waals surface area contributed by atoms with Crippen molar-refractivity contribution in [3.05, 3.63) is 115 Å². The predicted octanol–water partition coefficient (Wildman–Crippen LogP) is 4.98. The SMILES string of the molecule is O=C(Cc1ccc(-n2cccc2)cc1)Nc1ccc(N2CCN(Cc3ccccc3)CC2)cc1. The Kier molecular flexibility index (Phi) is 6.73. The summed E-state index contributed by atoms with van der Waals surface area (Å²) >= 11 is 0. The largest absolute Gasteiger partial charge is 0.369 e. The van der Waals surface area contributed by atoms with Gasteiger partial charge in [-0.1, -0.05) is 42.5 Å². The fourth-order valence-corrected chi connectivity index (χ4v) is 4.44. The highest BCUT2D eigenvalue weighted by Crippen LogP contribution is 2.20. The van der Waals surface area contributed by atoms with Crippen LogP contribution in [0.2, 0.25) is 0 Å². The smallest absolute Gasteiger partial charge is 0.228 e. The minimum absolute atomic E-state index is 0.00371. The zero-order valence-corrected chi connectivity index (χ0v) is 19.3. The molecule has 2 heterocycles. The van der Waals surface area contributed by atoms with E-state index in [1.54, 1.807) is 0 Å². The Morgan fingerprint density at radius 2 is 1.32 bits per heavy atom. The standard InChI is InChI=1S/C29H30N4O/c34-29(22-24-8-12-27(13-9-24)32-16-4-5-17-32)30-26-10-14-28(15-11-26)33-20-18-31(19-21-33)23-25-6-2-1-3-7-25/h1-17H,18-23H2,(H,30,34). The van der Waals surface area contributed by atoms with Crippen molar-refractivity contribution in [1.82, 2.24) is 9.47 Å². The van der Waals surface area contributed by atoms with E-state index in [2.05, 4.69) is 62.1 Å². The van der Waals surface area contributed by atoms with Crippen LogP contribution in [0, 0.1) is 0 Å². The normalized spacial score (nSPS) is 14.2. The third-order valence-corrected chi connectivity index (χ3v) is 6.34. The molecular weight excluding hydrogens is 420 g/mol. The van der Waals surface area contributed by atoms with Crippen LogP contribution in [0.4, 0.5) is 11.4 Å². The second kappa shape index (κ2) is 10.4. The molecule has 34 heavy (non-hydrogen) atoms. The van der Waals surface area contributed by atoms with Crippen LogP contribution in [0.15, 0.2) is 103 Å². The maximum atomic E-state index is 12.5. The maximum Gasteiger partial charge on any atom is 0.228 e. The van der Waals surface area contributed by atoms with Crippen LogP contribution in [-0.2, 0) is 17.8 Å². The first kappa shape index (κ1) is 22.0. The maximum absolute atomic E-state index is 12.5. The van der Waals surface area contributed by atoms with Crippen LogP contribution in [0.1, 0.15) is 11.1 Å². The molecule has 0 atom stereocenters. The van der Waals surface area contributed by atoms with Gasteiger partial charge in [-0.3, -0.25) is 9.69 Å². The molecule has 172 valence electrons. The minimum Gasteiger partial charge on any atom is -0.369 e. The van der Waals surface area contributed by atoms with Crippen molar-refractivity contribution in [3.8, 4) is 5.69 Å². The van der Waals surface area contributed by atoms with E-state index in [-0.39, 0.29) is 5.91 Å². The number of carbonyl (C=O) groups is 1. The van der Waals surface area contributed by atoms with Crippen molar-refractivity contribution < 1.29 is 4.79 Å². The Morgan fingerprint density at radius 1 is 0.676 bits per heavy atom. The highest BCUT2D eigenvalue weighted by molar-refractivity contribution is 5.92. The van der Waals surface area contributed by atoms with E-state index in [0.29, 0.717) is 6.42 Å². The van der Waals surface area contributed by atoms with Gasteiger partial charge in [-0.05, 0) is 59.7 Å². The van der Waals surface area contributed by atoms with E-state index in [4.69, 9.17) is 0 Å². The molecule has 1 aliphatic heterocycles. The van der Waals surface area contributed by atoms with E-state index in [1.807, 2.05) is 60.9 Å². The number of aromatic nitrogens is 1. The molecule has 0 aliphatic carbocycles. The molecule has 1 amide bonds. The number of nitrogens with one attached hydrogen (secondary N) is 1. The zero-order chi connectivity index (χ0) is 23.2. The van der Waals surface area contributed by atoms with E-state index in [1.165, 1.54) is 11.3 Å². The summed E-state index contributed by atoms with van der Waals surface area (Å²) in [4.78, 5) is 17.5. The van der Waals surface area contributed by atoms with Crippen molar-refractivity contribution in [2.24, 2.45) is 0 Å². The van der Waals surface area contributed by atoms with Gasteiger partial charge in [-0.25, -0.2) is 0 Å². The van der Waals surface area contributed by atoms with Crippen LogP contribution in [0.25, 0.3) is 5.69 Å². The Balaban J connectivity index is 1.10. The summed E-state index contributed by atoms with van der Waals surface area (Å²) in [5, 5.41) is 3.03. The molecule has 1 aliphatic rings. The van der Waals surface area contributed by atoms with Gasteiger partial charge in [0.25, 0.3) is 0 Å². The lowest BCUT2D eigenvalue weighted by molar-refractivity contribution is -0.115. The van der Waals surface area contributed by atoms with E-state index in [9.17, 15) is 4.79 Å². The fourth-order valence-electron chi connectivity index (χ4n) is 4.44. The average molecular weight is 451 g/mol. The van der Waals surface area contributed by atoms with E-state index < -0.39 is 0 Å². The molecule has 4 aromatic rings. The monoisotopic (exact) mass is 450 g/mol. The Labute approximate surface area is 201 Å². The highest BCUT2D eigenvalue weighted by Gasteiger charge is 2.17. The van der Waals surface area contributed by atoms with Gasteiger partial charge in [0.15, 0.2) is 0 Å². The van der Waals surface area contributed by atoms with Crippen LogP contribution in [0.5, 0.6) is 0 Å². The topological polar surface area (TPSA) is 40.5 Å². The molecule has 0 bridgehead atoms. The molecule has 1 N–H and O–H groups in total. The van der Waals surface area contributed by atoms with Gasteiger partial charge < -0.3 is 14.8 Å². The van der Waals surface area contributed by atoms with Gasteiger partial charge in [0, 0.05) is 62.2 Å². The number of hydrogen-bond donors (Lipinski definition) is 1. The molecule has 5 heteroatoms. The molecule has 1 saturated heterocycles. The van der Waals surface area contributed by atoms with Crippen molar-refractivity contribution in [3.63, 3.8) is 0 Å². The summed E-state index contributed by atoms with van der Waals surface area (Å²) in [5.41, 5.74) is 5.50. The molecule has 3 aromatic carbocycles. The van der Waals surface area contributed by atoms with Crippen molar-refractivity contribution >= 4 is 17.3 Å². The molecule has 0 spiro atoms. The quantitative estimate of drug-likeness (QED) is 0.432. The first-order valence-corrected chi connectivity index (χ1v) is 11.9. The summed E-state index contributed by atoms with van der Waals surface area (Å²) in [6.07, 6.45) is 4.38. The predicted molar refractivity (Wildman–Crippen MR) is 138 cm³/mol. The van der Waals surface area contributed by atoms with Gasteiger partial charge in [0.1, 0.15) is 0 Å². The van der Waals surface area contributed by atoms with Gasteiger partial charge in [-0.15, -0.1) is 0 Å². The molecule has 0 saturated carbocycles. The number of amides is 1. The second-order valence-electron chi connectivity index (χ2n) is 8.78. The molecule has 5 rings (SSSR count). The third kappa shape index (κ3) is 5.56. The highest BCUT2D eigenvalue weighted by atomic mass is 16.1. The summed E-state index contributed by atoms with van der Waals surface area (Å²) in [6, 6.07) is 31.0. The molecular formula is C29H30N4O. The summed E-state index contributed by atoms with van der Waals surface area (Å²) in [6.45, 7) is 5.14. The number of benzene rings is 3. The molecule has 5 nitrogen and oxygen atoms in total. The number of hydrogen-bond acceptors (Lipinski definition) is 3. The number of nitrogens with zero attached hydrogens (tertiary/aromatic N) is 3. The van der Waals surface area contributed by atoms with Gasteiger partial charge in [-0.2, -0.15) is 0 Å². The molecule has 0 unspecified atom stereocenters. The van der Waals surface area contributed by atoms with Crippen molar-refractivity contribution in [1.29, 1.82) is 0 Å². The van der Waals surface area contributed by atoms with E-state index in [0.717, 1.165) is 49.7 Å². The first-order valence-electron chi connectivity index (χ1n) is 11.9. The van der Waals surface area contributed by atoms with Gasteiger partial charge >= 0.3 is 0 Å². The summed E-state index contributed by atoms with van der Waals surface area (Å²) in [5.74, 6) is -0.00371. The number of piperazine rings is 1. The lowest BCUT2D eigenvalue weighted by Crippen LogP contribution is -2.45. The Morgan fingerprint density at radius 3 is 2.00 bits per heavy atom. The summed E-state index contributed by atoms with van der Waals surface area (Å²) < 4.78 is 2.05. The molecule has 0 radical (unpaired) electrons. The number of anilines is 2. The average Bonchev–Trinajstić information content (AvgIpc) is 3.41. The number of rotatable bonds is 7. The van der Waals surface area contributed by atoms with Gasteiger partial charge in [0.05, 0.1) is 6.42 Å². The second-order valence-corrected chi connectivity index (χ2v) is 8.78. The lowest BCUT2D eigenvalue weighted by atomic mass is 10.1. The van der Waals surface area contributed by atoms with E-state index >= 15 is 0 Å². The number of carbonyl (C=O) groups excluding carboxylic acids is 1. The minimum atomic E-state index is -0.00371. The third-order valence-electron chi connectivity index (χ3n) is 6.34. The Hall–Kier alpha value is -3.83.